The molecule has 0 aliphatic carbocycles. The van der Waals surface area contributed by atoms with Crippen LogP contribution in [0.1, 0.15) is 59.6 Å². The van der Waals surface area contributed by atoms with Gasteiger partial charge in [-0.05, 0) is 20.8 Å². The SMILES string of the molecule is COC(=O)c1coc([C@H](CO)NC(=O)c2coc(CNC(=O)OC(C)(C)C)n2)n1. The zero-order valence-corrected chi connectivity index (χ0v) is 16.3. The molecule has 12 nitrogen and oxygen atoms in total. The second-order valence-corrected chi connectivity index (χ2v) is 6.75. The molecule has 1 atom stereocenters. The Hall–Kier alpha value is -3.41. The first-order chi connectivity index (χ1) is 13.6. The van der Waals surface area contributed by atoms with Gasteiger partial charge in [-0.3, -0.25) is 4.79 Å². The van der Waals surface area contributed by atoms with Gasteiger partial charge in [0.15, 0.2) is 11.4 Å². The third-order valence-corrected chi connectivity index (χ3v) is 3.27. The molecule has 158 valence electrons. The summed E-state index contributed by atoms with van der Waals surface area (Å²) in [5.41, 5.74) is -0.852. The Bertz CT molecular complexity index is 867. The number of ether oxygens (including phenoxy) is 2. The van der Waals surface area contributed by atoms with Gasteiger partial charge in [-0.2, -0.15) is 0 Å². The van der Waals surface area contributed by atoms with E-state index < -0.39 is 36.2 Å². The number of aromatic nitrogens is 2. The highest BCUT2D eigenvalue weighted by Gasteiger charge is 2.24. The minimum absolute atomic E-state index is 0.0747. The smallest absolute Gasteiger partial charge is 0.408 e. The first kappa shape index (κ1) is 21.9. The molecular weight excluding hydrogens is 388 g/mol. The van der Waals surface area contributed by atoms with Gasteiger partial charge in [-0.15, -0.1) is 0 Å². The topological polar surface area (TPSA) is 166 Å². The Morgan fingerprint density at radius 1 is 1.17 bits per heavy atom. The van der Waals surface area contributed by atoms with Crippen molar-refractivity contribution in [2.45, 2.75) is 39.0 Å². The third-order valence-electron chi connectivity index (χ3n) is 3.27. The second kappa shape index (κ2) is 9.19. The van der Waals surface area contributed by atoms with Crippen molar-refractivity contribution < 1.29 is 37.8 Å². The molecule has 0 radical (unpaired) electrons. The highest BCUT2D eigenvalue weighted by Crippen LogP contribution is 2.14. The van der Waals surface area contributed by atoms with Crippen molar-refractivity contribution in [1.82, 2.24) is 20.6 Å². The molecule has 0 unspecified atom stereocenters. The van der Waals surface area contributed by atoms with Gasteiger partial charge in [0, 0.05) is 0 Å². The van der Waals surface area contributed by atoms with Gasteiger partial charge in [0.25, 0.3) is 5.91 Å². The Balaban J connectivity index is 1.95. The highest BCUT2D eigenvalue weighted by molar-refractivity contribution is 5.92. The number of hydrogen-bond acceptors (Lipinski definition) is 10. The number of carbonyl (C=O) groups is 3. The lowest BCUT2D eigenvalue weighted by molar-refractivity contribution is 0.0517. The monoisotopic (exact) mass is 410 g/mol. The molecule has 2 rings (SSSR count). The number of rotatable bonds is 7. The predicted molar refractivity (Wildman–Crippen MR) is 94.7 cm³/mol. The maximum absolute atomic E-state index is 12.3. The average Bonchev–Trinajstić information content (AvgIpc) is 3.32. The predicted octanol–water partition coefficient (Wildman–Crippen LogP) is 0.937. The fraction of sp³-hybridized carbons (Fsp3) is 0.471. The summed E-state index contributed by atoms with van der Waals surface area (Å²) in [5.74, 6) is -1.42. The standard InChI is InChI=1S/C17H22N4O8/c1-17(2,3)29-16(25)18-5-12-19-10(7-27-12)13(23)20-9(6-22)14-21-11(8-28-14)15(24)26-4/h7-9,22H,5-6H2,1-4H3,(H,18,25)(H,20,23)/t9-/m0/s1. The summed E-state index contributed by atoms with van der Waals surface area (Å²) in [7, 11) is 1.18. The molecule has 0 saturated carbocycles. The molecule has 0 fully saturated rings. The van der Waals surface area contributed by atoms with Gasteiger partial charge in [0.2, 0.25) is 11.8 Å². The lowest BCUT2D eigenvalue weighted by Gasteiger charge is -2.19. The summed E-state index contributed by atoms with van der Waals surface area (Å²) in [6.07, 6.45) is 1.48. The molecule has 2 aromatic heterocycles. The normalized spacial score (nSPS) is 12.2. The largest absolute Gasteiger partial charge is 0.464 e. The molecule has 12 heteroatoms. The van der Waals surface area contributed by atoms with Gasteiger partial charge in [0.05, 0.1) is 20.3 Å². The van der Waals surface area contributed by atoms with Crippen LogP contribution >= 0.6 is 0 Å². The van der Waals surface area contributed by atoms with Crippen LogP contribution in [0.2, 0.25) is 0 Å². The quantitative estimate of drug-likeness (QED) is 0.559. The van der Waals surface area contributed by atoms with Gasteiger partial charge < -0.3 is 34.0 Å². The number of oxazole rings is 2. The van der Waals surface area contributed by atoms with E-state index in [9.17, 15) is 19.5 Å². The van der Waals surface area contributed by atoms with E-state index in [1.54, 1.807) is 20.8 Å². The van der Waals surface area contributed by atoms with Crippen LogP contribution < -0.4 is 10.6 Å². The molecule has 0 spiro atoms. The number of nitrogens with one attached hydrogen (secondary N) is 2. The van der Waals surface area contributed by atoms with Crippen LogP contribution in [0.15, 0.2) is 21.4 Å². The van der Waals surface area contributed by atoms with E-state index in [4.69, 9.17) is 13.6 Å². The first-order valence-electron chi connectivity index (χ1n) is 8.49. The van der Waals surface area contributed by atoms with Crippen LogP contribution in [0.3, 0.4) is 0 Å². The first-order valence-corrected chi connectivity index (χ1v) is 8.49. The van der Waals surface area contributed by atoms with Gasteiger partial charge in [0.1, 0.15) is 24.2 Å². The van der Waals surface area contributed by atoms with E-state index in [0.717, 1.165) is 12.5 Å². The van der Waals surface area contributed by atoms with E-state index in [1.807, 2.05) is 0 Å². The van der Waals surface area contributed by atoms with Crippen molar-refractivity contribution >= 4 is 18.0 Å². The summed E-state index contributed by atoms with van der Waals surface area (Å²) < 4.78 is 19.8. The number of nitrogens with zero attached hydrogens (tertiary/aromatic N) is 2. The van der Waals surface area contributed by atoms with Crippen LogP contribution in [0.4, 0.5) is 4.79 Å². The Labute approximate surface area is 165 Å². The minimum Gasteiger partial charge on any atom is -0.464 e. The van der Waals surface area contributed by atoms with Crippen LogP contribution in [0.5, 0.6) is 0 Å². The van der Waals surface area contributed by atoms with Gasteiger partial charge in [-0.1, -0.05) is 0 Å². The second-order valence-electron chi connectivity index (χ2n) is 6.75. The molecule has 3 N–H and O–H groups in total. The van der Waals surface area contributed by atoms with Crippen molar-refractivity contribution in [3.8, 4) is 0 Å². The fourth-order valence-corrected chi connectivity index (χ4v) is 2.02. The van der Waals surface area contributed by atoms with Crippen LogP contribution in [-0.2, 0) is 16.0 Å². The van der Waals surface area contributed by atoms with Crippen molar-refractivity contribution in [3.63, 3.8) is 0 Å². The number of esters is 1. The highest BCUT2D eigenvalue weighted by atomic mass is 16.6. The zero-order valence-electron chi connectivity index (χ0n) is 16.3. The zero-order chi connectivity index (χ0) is 21.6. The molecule has 2 amide bonds. The number of aliphatic hydroxyl groups excluding tert-OH is 1. The molecule has 0 aromatic carbocycles. The third kappa shape index (κ3) is 6.31. The summed E-state index contributed by atoms with van der Waals surface area (Å²) >= 11 is 0. The molecule has 29 heavy (non-hydrogen) atoms. The number of carbonyl (C=O) groups excluding carboxylic acids is 3. The van der Waals surface area contributed by atoms with E-state index in [0.29, 0.717) is 0 Å². The van der Waals surface area contributed by atoms with Crippen LogP contribution in [0, 0.1) is 0 Å². The lowest BCUT2D eigenvalue weighted by Crippen LogP contribution is -2.32. The minimum atomic E-state index is -1.03. The van der Waals surface area contributed by atoms with E-state index in [-0.39, 0.29) is 29.7 Å². The van der Waals surface area contributed by atoms with Gasteiger partial charge >= 0.3 is 12.1 Å². The lowest BCUT2D eigenvalue weighted by atomic mass is 10.2. The maximum atomic E-state index is 12.3. The molecule has 0 aliphatic heterocycles. The van der Waals surface area contributed by atoms with Crippen molar-refractivity contribution in [1.29, 1.82) is 0 Å². The summed E-state index contributed by atoms with van der Waals surface area (Å²) in [6.45, 7) is 4.53. The molecule has 2 aromatic rings. The van der Waals surface area contributed by atoms with Crippen molar-refractivity contribution in [3.05, 3.63) is 35.7 Å². The summed E-state index contributed by atoms with van der Waals surface area (Å²) in [6, 6.07) is -1.03. The van der Waals surface area contributed by atoms with Crippen LogP contribution in [-0.4, -0.2) is 52.4 Å². The Morgan fingerprint density at radius 3 is 2.48 bits per heavy atom. The van der Waals surface area contributed by atoms with Crippen LogP contribution in [0.25, 0.3) is 0 Å². The molecule has 0 saturated heterocycles. The average molecular weight is 410 g/mol. The summed E-state index contributed by atoms with van der Waals surface area (Å²) in [5, 5.41) is 14.4. The number of aliphatic hydroxyl groups is 1. The van der Waals surface area contributed by atoms with E-state index in [2.05, 4.69) is 25.3 Å². The molecule has 0 aliphatic rings. The summed E-state index contributed by atoms with van der Waals surface area (Å²) in [4.78, 5) is 43.2. The number of alkyl carbamates (subject to hydrolysis) is 1. The Morgan fingerprint density at radius 2 is 1.86 bits per heavy atom. The number of amides is 2. The number of hydrogen-bond donors (Lipinski definition) is 3. The number of methoxy groups -OCH3 is 1. The fourth-order valence-electron chi connectivity index (χ4n) is 2.02. The van der Waals surface area contributed by atoms with Gasteiger partial charge in [-0.25, -0.2) is 19.6 Å². The van der Waals surface area contributed by atoms with Crippen molar-refractivity contribution in [2.24, 2.45) is 0 Å². The van der Waals surface area contributed by atoms with E-state index in [1.165, 1.54) is 7.11 Å². The Kier molecular flexibility index (Phi) is 6.93. The van der Waals surface area contributed by atoms with E-state index >= 15 is 0 Å². The van der Waals surface area contributed by atoms with Crippen molar-refractivity contribution in [2.75, 3.05) is 13.7 Å². The maximum Gasteiger partial charge on any atom is 0.408 e. The molecular formula is C17H22N4O8. The molecule has 0 bridgehead atoms. The molecule has 2 heterocycles.